The number of aromatic nitrogens is 3. The Kier molecular flexibility index (Phi) is 6.47. The predicted molar refractivity (Wildman–Crippen MR) is 138 cm³/mol. The van der Waals surface area contributed by atoms with Crippen molar-refractivity contribution in [3.63, 3.8) is 0 Å². The van der Waals surface area contributed by atoms with Crippen LogP contribution in [0.3, 0.4) is 0 Å². The average Bonchev–Trinajstić information content (AvgIpc) is 2.90. The Morgan fingerprint density at radius 3 is 2.49 bits per heavy atom. The molecule has 7 nitrogen and oxygen atoms in total. The smallest absolute Gasteiger partial charge is 0.200 e. The van der Waals surface area contributed by atoms with Crippen LogP contribution in [0.15, 0.2) is 84.0 Å². The number of benzene rings is 2. The lowest BCUT2D eigenvalue weighted by Crippen LogP contribution is -2.18. The van der Waals surface area contributed by atoms with Crippen molar-refractivity contribution in [2.75, 3.05) is 7.11 Å². The average molecular weight is 496 g/mol. The molecule has 184 valence electrons. The highest BCUT2D eigenvalue weighted by molar-refractivity contribution is 5.98. The summed E-state index contributed by atoms with van der Waals surface area (Å²) < 4.78 is 24.6. The third-order valence-corrected chi connectivity index (χ3v) is 5.96. The van der Waals surface area contributed by atoms with Gasteiger partial charge in [0.25, 0.3) is 0 Å². The standard InChI is InChI=1S/C29H22FN3O4/c1-17-27(36-2)14-24-28(33-17)26(11-12-32-24)37-21-9-3-18(4-10-21)13-25(34)23-16-31-15-22(29(23)35)19-5-7-20(30)8-6-19/h3-12,14-16H,13H2,1-2H3,(H,31,35). The Balaban J connectivity index is 1.34. The van der Waals surface area contributed by atoms with Crippen LogP contribution in [0.4, 0.5) is 4.39 Å². The highest BCUT2D eigenvalue weighted by Gasteiger charge is 2.16. The number of nitrogens with zero attached hydrogens (tertiary/aromatic N) is 2. The third-order valence-electron chi connectivity index (χ3n) is 5.96. The normalized spacial score (nSPS) is 10.9. The second-order valence-electron chi connectivity index (χ2n) is 8.42. The maximum atomic E-state index is 13.3. The Morgan fingerprint density at radius 1 is 1.00 bits per heavy atom. The molecule has 0 amide bonds. The van der Waals surface area contributed by atoms with Crippen molar-refractivity contribution in [2.45, 2.75) is 13.3 Å². The number of ether oxygens (including phenoxy) is 2. The van der Waals surface area contributed by atoms with E-state index in [4.69, 9.17) is 9.47 Å². The highest BCUT2D eigenvalue weighted by Crippen LogP contribution is 2.30. The van der Waals surface area contributed by atoms with Crippen molar-refractivity contribution < 1.29 is 18.7 Å². The number of pyridine rings is 3. The van der Waals surface area contributed by atoms with E-state index in [1.165, 1.54) is 36.7 Å². The molecule has 1 N–H and O–H groups in total. The van der Waals surface area contributed by atoms with Crippen LogP contribution >= 0.6 is 0 Å². The molecule has 0 aliphatic heterocycles. The van der Waals surface area contributed by atoms with Gasteiger partial charge in [0.05, 0.1) is 23.9 Å². The predicted octanol–water partition coefficient (Wildman–Crippen LogP) is 5.66. The molecule has 0 aliphatic carbocycles. The number of hydrogen-bond donors (Lipinski definition) is 1. The summed E-state index contributed by atoms with van der Waals surface area (Å²) in [6, 6.07) is 16.2. The van der Waals surface area contributed by atoms with E-state index in [1.807, 2.05) is 13.0 Å². The second-order valence-corrected chi connectivity index (χ2v) is 8.42. The van der Waals surface area contributed by atoms with Gasteiger partial charge >= 0.3 is 0 Å². The van der Waals surface area contributed by atoms with Gasteiger partial charge in [0, 0.05) is 42.7 Å². The molecular formula is C29H22FN3O4. The first-order valence-electron chi connectivity index (χ1n) is 11.5. The van der Waals surface area contributed by atoms with Crippen LogP contribution in [-0.2, 0) is 6.42 Å². The second kappa shape index (κ2) is 10.0. The lowest BCUT2D eigenvalue weighted by molar-refractivity contribution is 0.0991. The Labute approximate surface area is 211 Å². The summed E-state index contributed by atoms with van der Waals surface area (Å²) in [5, 5.41) is 0. The fraction of sp³-hybridized carbons (Fsp3) is 0.103. The van der Waals surface area contributed by atoms with Crippen LogP contribution in [0, 0.1) is 12.7 Å². The Morgan fingerprint density at radius 2 is 1.76 bits per heavy atom. The number of H-pyrrole nitrogens is 1. The molecule has 2 aromatic carbocycles. The minimum atomic E-state index is -0.403. The fourth-order valence-corrected chi connectivity index (χ4v) is 4.03. The van der Waals surface area contributed by atoms with Crippen molar-refractivity contribution in [3.8, 4) is 28.4 Å². The monoisotopic (exact) mass is 495 g/mol. The number of carbonyl (C=O) groups excluding carboxylic acids is 1. The first-order valence-corrected chi connectivity index (χ1v) is 11.5. The van der Waals surface area contributed by atoms with Gasteiger partial charge in [-0.05, 0) is 42.3 Å². The van der Waals surface area contributed by atoms with Crippen molar-refractivity contribution in [2.24, 2.45) is 0 Å². The van der Waals surface area contributed by atoms with Crippen LogP contribution in [0.25, 0.3) is 22.2 Å². The molecule has 0 atom stereocenters. The van der Waals surface area contributed by atoms with E-state index in [0.29, 0.717) is 39.4 Å². The number of fused-ring (bicyclic) bond motifs is 1. The summed E-state index contributed by atoms with van der Waals surface area (Å²) in [7, 11) is 1.58. The number of methoxy groups -OCH3 is 1. The molecule has 0 bridgehead atoms. The Hall–Kier alpha value is -4.85. The number of aryl methyl sites for hydroxylation is 1. The first kappa shape index (κ1) is 23.9. The van der Waals surface area contributed by atoms with Crippen LogP contribution in [0.5, 0.6) is 17.2 Å². The number of rotatable bonds is 7. The van der Waals surface area contributed by atoms with Crippen molar-refractivity contribution >= 4 is 16.8 Å². The van der Waals surface area contributed by atoms with E-state index >= 15 is 0 Å². The third kappa shape index (κ3) is 4.95. The maximum absolute atomic E-state index is 13.3. The van der Waals surface area contributed by atoms with Crippen LogP contribution < -0.4 is 14.9 Å². The van der Waals surface area contributed by atoms with Gasteiger partial charge < -0.3 is 14.5 Å². The van der Waals surface area contributed by atoms with Crippen LogP contribution in [-0.4, -0.2) is 27.8 Å². The minimum absolute atomic E-state index is 0.0367. The van der Waals surface area contributed by atoms with E-state index in [0.717, 1.165) is 11.3 Å². The fourth-order valence-electron chi connectivity index (χ4n) is 4.03. The molecule has 0 saturated carbocycles. The van der Waals surface area contributed by atoms with E-state index in [1.54, 1.807) is 43.6 Å². The number of nitrogens with one attached hydrogen (secondary N) is 1. The van der Waals surface area contributed by atoms with Gasteiger partial charge in [0.2, 0.25) is 0 Å². The van der Waals surface area contributed by atoms with Gasteiger partial charge in [-0.15, -0.1) is 0 Å². The summed E-state index contributed by atoms with van der Waals surface area (Å²) in [5.41, 5.74) is 3.19. The van der Waals surface area contributed by atoms with E-state index < -0.39 is 11.2 Å². The van der Waals surface area contributed by atoms with Gasteiger partial charge in [0.15, 0.2) is 17.0 Å². The van der Waals surface area contributed by atoms with E-state index in [2.05, 4.69) is 15.0 Å². The molecule has 0 spiro atoms. The molecule has 8 heteroatoms. The van der Waals surface area contributed by atoms with Crippen LogP contribution in [0.2, 0.25) is 0 Å². The zero-order valence-corrected chi connectivity index (χ0v) is 20.1. The number of Topliss-reactive ketones (excluding diaryl/α,β-unsaturated/α-hetero) is 1. The molecule has 0 saturated heterocycles. The lowest BCUT2D eigenvalue weighted by Gasteiger charge is -2.11. The zero-order chi connectivity index (χ0) is 25.9. The van der Waals surface area contributed by atoms with Crippen molar-refractivity contribution in [1.29, 1.82) is 0 Å². The number of halogens is 1. The summed E-state index contributed by atoms with van der Waals surface area (Å²) in [6.07, 6.45) is 4.58. The van der Waals surface area contributed by atoms with Gasteiger partial charge in [-0.2, -0.15) is 0 Å². The zero-order valence-electron chi connectivity index (χ0n) is 20.1. The first-order chi connectivity index (χ1) is 17.9. The minimum Gasteiger partial charge on any atom is -0.495 e. The number of ketones is 1. The maximum Gasteiger partial charge on any atom is 0.200 e. The molecular weight excluding hydrogens is 473 g/mol. The Bertz CT molecular complexity index is 1660. The van der Waals surface area contributed by atoms with Crippen LogP contribution in [0.1, 0.15) is 21.6 Å². The summed E-state index contributed by atoms with van der Waals surface area (Å²) in [6.45, 7) is 1.85. The van der Waals surface area contributed by atoms with E-state index in [-0.39, 0.29) is 17.8 Å². The summed E-state index contributed by atoms with van der Waals surface area (Å²) in [5.74, 6) is 1.03. The molecule has 0 aliphatic rings. The number of carbonyl (C=O) groups is 1. The molecule has 5 rings (SSSR count). The lowest BCUT2D eigenvalue weighted by atomic mass is 10.00. The number of hydrogen-bond acceptors (Lipinski definition) is 6. The van der Waals surface area contributed by atoms with Gasteiger partial charge in [0.1, 0.15) is 22.8 Å². The highest BCUT2D eigenvalue weighted by atomic mass is 19.1. The molecule has 0 unspecified atom stereocenters. The molecule has 3 heterocycles. The number of aromatic amines is 1. The van der Waals surface area contributed by atoms with Gasteiger partial charge in [-0.3, -0.25) is 14.6 Å². The van der Waals surface area contributed by atoms with Gasteiger partial charge in [-0.1, -0.05) is 24.3 Å². The molecule has 3 aromatic heterocycles. The largest absolute Gasteiger partial charge is 0.495 e. The topological polar surface area (TPSA) is 94.2 Å². The van der Waals surface area contributed by atoms with Crippen molar-refractivity contribution in [3.05, 3.63) is 112 Å². The molecule has 5 aromatic rings. The quantitative estimate of drug-likeness (QED) is 0.293. The SMILES string of the molecule is COc1cc2nccc(Oc3ccc(CC(=O)c4c[nH]cc(-c5ccc(F)cc5)c4=O)cc3)c2nc1C. The molecule has 0 radical (unpaired) electrons. The molecule has 0 fully saturated rings. The van der Waals surface area contributed by atoms with Crippen molar-refractivity contribution in [1.82, 2.24) is 15.0 Å². The summed E-state index contributed by atoms with van der Waals surface area (Å²) >= 11 is 0. The van der Waals surface area contributed by atoms with Gasteiger partial charge in [-0.25, -0.2) is 9.37 Å². The van der Waals surface area contributed by atoms with E-state index in [9.17, 15) is 14.0 Å². The molecule has 37 heavy (non-hydrogen) atoms. The summed E-state index contributed by atoms with van der Waals surface area (Å²) in [4.78, 5) is 37.6.